The molecule has 2 unspecified atom stereocenters. The lowest BCUT2D eigenvalue weighted by atomic mass is 9.78. The highest BCUT2D eigenvalue weighted by Gasteiger charge is 2.58. The van der Waals surface area contributed by atoms with Gasteiger partial charge in [0.1, 0.15) is 11.3 Å². The second-order valence-corrected chi connectivity index (χ2v) is 7.70. The summed E-state index contributed by atoms with van der Waals surface area (Å²) < 4.78 is 0. The maximum absolute atomic E-state index is 12.7. The number of allylic oxidation sites excluding steroid dienone is 1. The third-order valence-electron chi connectivity index (χ3n) is 4.87. The van der Waals surface area contributed by atoms with E-state index in [2.05, 4.69) is 0 Å². The summed E-state index contributed by atoms with van der Waals surface area (Å²) >= 11 is 0. The van der Waals surface area contributed by atoms with Crippen molar-refractivity contribution in [2.24, 2.45) is 17.8 Å². The molecule has 1 aliphatic carbocycles. The molecule has 0 saturated carbocycles. The second kappa shape index (κ2) is 8.26. The van der Waals surface area contributed by atoms with Crippen molar-refractivity contribution < 1.29 is 24.9 Å². The maximum Gasteiger partial charge on any atom is 0.176 e. The normalized spacial score (nSPS) is 25.9. The number of Topliss-reactive ketones (excluding diaryl/α,β-unsaturated/α-hetero) is 2. The van der Waals surface area contributed by atoms with Gasteiger partial charge in [0.2, 0.25) is 0 Å². The van der Waals surface area contributed by atoms with Gasteiger partial charge in [0, 0.05) is 6.42 Å². The van der Waals surface area contributed by atoms with E-state index in [9.17, 15) is 24.9 Å². The van der Waals surface area contributed by atoms with Crippen LogP contribution in [0.5, 0.6) is 0 Å². The molecule has 5 nitrogen and oxygen atoms in total. The molecule has 0 saturated heterocycles. The van der Waals surface area contributed by atoms with Gasteiger partial charge in [0.25, 0.3) is 0 Å². The zero-order valence-corrected chi connectivity index (χ0v) is 15.5. The van der Waals surface area contributed by atoms with Crippen molar-refractivity contribution in [3.05, 3.63) is 11.3 Å². The molecule has 3 atom stereocenters. The first kappa shape index (κ1) is 20.8. The molecule has 3 N–H and O–H groups in total. The van der Waals surface area contributed by atoms with Crippen molar-refractivity contribution in [3.63, 3.8) is 0 Å². The zero-order valence-electron chi connectivity index (χ0n) is 15.5. The minimum atomic E-state index is -2.05. The van der Waals surface area contributed by atoms with Crippen LogP contribution in [-0.4, -0.2) is 38.6 Å². The van der Waals surface area contributed by atoms with E-state index in [0.717, 1.165) is 0 Å². The predicted octanol–water partition coefficient (Wildman–Crippen LogP) is 2.94. The Hall–Kier alpha value is -1.20. The highest BCUT2D eigenvalue weighted by molar-refractivity contribution is 6.23. The Bertz CT molecular complexity index is 506. The SMILES string of the molecule is CCC(=O)C1=C(O)C(O)(C(O)CCC(C)C)[C@H](CCC(C)C)C1=O. The summed E-state index contributed by atoms with van der Waals surface area (Å²) in [7, 11) is 0. The van der Waals surface area contributed by atoms with Crippen LogP contribution >= 0.6 is 0 Å². The topological polar surface area (TPSA) is 94.8 Å². The third-order valence-corrected chi connectivity index (χ3v) is 4.87. The Labute approximate surface area is 144 Å². The van der Waals surface area contributed by atoms with Gasteiger partial charge in [-0.1, -0.05) is 41.0 Å². The lowest BCUT2D eigenvalue weighted by Crippen LogP contribution is -2.49. The molecular formula is C19H32O5. The number of hydrogen-bond acceptors (Lipinski definition) is 5. The van der Waals surface area contributed by atoms with E-state index in [1.165, 1.54) is 0 Å². The van der Waals surface area contributed by atoms with Crippen LogP contribution in [0.25, 0.3) is 0 Å². The van der Waals surface area contributed by atoms with Crippen LogP contribution in [0.2, 0.25) is 0 Å². The first-order valence-electron chi connectivity index (χ1n) is 8.98. The fourth-order valence-electron chi connectivity index (χ4n) is 3.25. The molecular weight excluding hydrogens is 308 g/mol. The second-order valence-electron chi connectivity index (χ2n) is 7.70. The summed E-state index contributed by atoms with van der Waals surface area (Å²) in [6.07, 6.45) is 0.701. The van der Waals surface area contributed by atoms with Gasteiger partial charge in [0.15, 0.2) is 17.2 Å². The first-order valence-corrected chi connectivity index (χ1v) is 8.98. The van der Waals surface area contributed by atoms with Gasteiger partial charge in [0.05, 0.1) is 12.0 Å². The number of carbonyl (C=O) groups is 2. The van der Waals surface area contributed by atoms with Crippen molar-refractivity contribution in [2.45, 2.75) is 78.4 Å². The molecule has 1 aliphatic rings. The van der Waals surface area contributed by atoms with Crippen LogP contribution in [-0.2, 0) is 9.59 Å². The molecule has 0 radical (unpaired) electrons. The third kappa shape index (κ3) is 4.06. The van der Waals surface area contributed by atoms with Crippen molar-refractivity contribution in [1.82, 2.24) is 0 Å². The number of hydrogen-bond donors (Lipinski definition) is 3. The monoisotopic (exact) mass is 340 g/mol. The lowest BCUT2D eigenvalue weighted by Gasteiger charge is -2.34. The summed E-state index contributed by atoms with van der Waals surface area (Å²) in [6.45, 7) is 9.59. The quantitative estimate of drug-likeness (QED) is 0.561. The first-order chi connectivity index (χ1) is 11.1. The van der Waals surface area contributed by atoms with E-state index < -0.39 is 34.9 Å². The highest BCUT2D eigenvalue weighted by atomic mass is 16.4. The molecule has 0 aliphatic heterocycles. The van der Waals surface area contributed by atoms with E-state index in [4.69, 9.17) is 0 Å². The Morgan fingerprint density at radius 3 is 2.12 bits per heavy atom. The maximum atomic E-state index is 12.7. The van der Waals surface area contributed by atoms with Crippen molar-refractivity contribution in [2.75, 3.05) is 0 Å². The van der Waals surface area contributed by atoms with Crippen molar-refractivity contribution >= 4 is 11.6 Å². The average Bonchev–Trinajstić information content (AvgIpc) is 2.70. The van der Waals surface area contributed by atoms with Crippen molar-refractivity contribution in [3.8, 4) is 0 Å². The van der Waals surface area contributed by atoms with E-state index in [1.54, 1.807) is 6.92 Å². The molecule has 0 spiro atoms. The summed E-state index contributed by atoms with van der Waals surface area (Å²) in [5, 5.41) is 32.1. The fraction of sp³-hybridized carbons (Fsp3) is 0.789. The van der Waals surface area contributed by atoms with Gasteiger partial charge in [-0.3, -0.25) is 9.59 Å². The molecule has 138 valence electrons. The zero-order chi connectivity index (χ0) is 18.7. The van der Waals surface area contributed by atoms with Gasteiger partial charge < -0.3 is 15.3 Å². The molecule has 0 aromatic rings. The van der Waals surface area contributed by atoms with Crippen LogP contribution < -0.4 is 0 Å². The summed E-state index contributed by atoms with van der Waals surface area (Å²) in [5.74, 6) is -2.00. The molecule has 0 amide bonds. The van der Waals surface area contributed by atoms with Gasteiger partial charge in [-0.25, -0.2) is 0 Å². The molecule has 0 heterocycles. The summed E-state index contributed by atoms with van der Waals surface area (Å²) in [6, 6.07) is 0. The molecule has 0 aromatic carbocycles. The Morgan fingerprint density at radius 1 is 1.12 bits per heavy atom. The summed E-state index contributed by atoms with van der Waals surface area (Å²) in [4.78, 5) is 24.7. The molecule has 5 heteroatoms. The molecule has 0 bridgehead atoms. The number of carbonyl (C=O) groups excluding carboxylic acids is 2. The van der Waals surface area contributed by atoms with Crippen LogP contribution in [0.1, 0.15) is 66.7 Å². The Morgan fingerprint density at radius 2 is 1.67 bits per heavy atom. The largest absolute Gasteiger partial charge is 0.508 e. The number of rotatable bonds is 9. The number of aliphatic hydroxyl groups is 3. The molecule has 24 heavy (non-hydrogen) atoms. The minimum absolute atomic E-state index is 0.0696. The smallest absolute Gasteiger partial charge is 0.176 e. The van der Waals surface area contributed by atoms with E-state index >= 15 is 0 Å². The molecule has 0 fully saturated rings. The predicted molar refractivity (Wildman–Crippen MR) is 92.6 cm³/mol. The van der Waals surface area contributed by atoms with E-state index in [-0.39, 0.29) is 18.4 Å². The lowest BCUT2D eigenvalue weighted by molar-refractivity contribution is -0.137. The van der Waals surface area contributed by atoms with Crippen LogP contribution in [0.15, 0.2) is 11.3 Å². The Kier molecular flexibility index (Phi) is 7.17. The van der Waals surface area contributed by atoms with E-state index in [1.807, 2.05) is 27.7 Å². The Balaban J connectivity index is 3.21. The average molecular weight is 340 g/mol. The molecule has 0 aromatic heterocycles. The van der Waals surface area contributed by atoms with Gasteiger partial charge in [-0.05, 0) is 31.1 Å². The minimum Gasteiger partial charge on any atom is -0.508 e. The van der Waals surface area contributed by atoms with Crippen LogP contribution in [0.3, 0.4) is 0 Å². The van der Waals surface area contributed by atoms with Crippen LogP contribution in [0.4, 0.5) is 0 Å². The van der Waals surface area contributed by atoms with E-state index in [0.29, 0.717) is 31.1 Å². The van der Waals surface area contributed by atoms with Gasteiger partial charge >= 0.3 is 0 Å². The standard InChI is InChI=1S/C19H32O5/c1-6-14(20)16-17(22)13(9-7-11(2)3)19(24,18(16)23)15(21)10-8-12(4)5/h11-13,15,21,23-24H,6-10H2,1-5H3/t13-,15?,19?/m1/s1. The highest BCUT2D eigenvalue weighted by Crippen LogP contribution is 2.44. The fourth-order valence-corrected chi connectivity index (χ4v) is 3.25. The number of ketones is 2. The molecule has 1 rings (SSSR count). The van der Waals surface area contributed by atoms with Gasteiger partial charge in [-0.2, -0.15) is 0 Å². The summed E-state index contributed by atoms with van der Waals surface area (Å²) in [5.41, 5.74) is -2.38. The van der Waals surface area contributed by atoms with Crippen molar-refractivity contribution in [1.29, 1.82) is 0 Å². The number of aliphatic hydroxyl groups excluding tert-OH is 2. The van der Waals surface area contributed by atoms with Crippen LogP contribution in [0, 0.1) is 17.8 Å². The van der Waals surface area contributed by atoms with Gasteiger partial charge in [-0.15, -0.1) is 0 Å².